The van der Waals surface area contributed by atoms with Gasteiger partial charge < -0.3 is 9.67 Å². The van der Waals surface area contributed by atoms with Gasteiger partial charge in [-0.25, -0.2) is 4.79 Å². The van der Waals surface area contributed by atoms with E-state index in [9.17, 15) is 14.9 Å². The molecule has 106 valence electrons. The third kappa shape index (κ3) is 3.01. The van der Waals surface area contributed by atoms with Crippen LogP contribution in [-0.2, 0) is 6.54 Å². The minimum Gasteiger partial charge on any atom is -0.477 e. The number of aromatic carboxylic acids is 1. The summed E-state index contributed by atoms with van der Waals surface area (Å²) in [5, 5.41) is 28.9. The highest BCUT2D eigenvalue weighted by molar-refractivity contribution is 6.31. The summed E-state index contributed by atoms with van der Waals surface area (Å²) in [5.41, 5.74) is 0.420. The number of nitriles is 1. The maximum Gasteiger partial charge on any atom is 0.352 e. The molecule has 0 spiro atoms. The second kappa shape index (κ2) is 5.64. The van der Waals surface area contributed by atoms with E-state index in [1.54, 1.807) is 12.1 Å². The van der Waals surface area contributed by atoms with Crippen LogP contribution in [0.5, 0.6) is 0 Å². The Balaban J connectivity index is 2.41. The second-order valence-corrected chi connectivity index (χ2v) is 4.60. The predicted molar refractivity (Wildman–Crippen MR) is 73.3 cm³/mol. The van der Waals surface area contributed by atoms with E-state index < -0.39 is 10.9 Å². The van der Waals surface area contributed by atoms with Gasteiger partial charge in [0.15, 0.2) is 0 Å². The van der Waals surface area contributed by atoms with E-state index in [1.807, 2.05) is 6.07 Å². The minimum absolute atomic E-state index is 0.0556. The van der Waals surface area contributed by atoms with Gasteiger partial charge in [-0.3, -0.25) is 10.1 Å². The summed E-state index contributed by atoms with van der Waals surface area (Å²) < 4.78 is 1.23. The van der Waals surface area contributed by atoms with Crippen molar-refractivity contribution in [3.63, 3.8) is 0 Å². The number of rotatable bonds is 4. The second-order valence-electron chi connectivity index (χ2n) is 4.19. The lowest BCUT2D eigenvalue weighted by molar-refractivity contribution is -0.384. The van der Waals surface area contributed by atoms with Gasteiger partial charge in [0, 0.05) is 17.6 Å². The van der Waals surface area contributed by atoms with Crippen molar-refractivity contribution in [2.45, 2.75) is 6.54 Å². The molecule has 2 aromatic rings. The molecule has 0 aliphatic heterocycles. The Kier molecular flexibility index (Phi) is 3.91. The molecule has 0 bridgehead atoms. The molecule has 1 aromatic heterocycles. The molecular formula is C13H8ClN3O4. The van der Waals surface area contributed by atoms with Gasteiger partial charge in [0.05, 0.1) is 22.8 Å². The fourth-order valence-electron chi connectivity index (χ4n) is 1.83. The zero-order valence-corrected chi connectivity index (χ0v) is 11.2. The molecule has 1 heterocycles. The molecule has 0 unspecified atom stereocenters. The normalized spacial score (nSPS) is 10.1. The molecule has 1 N–H and O–H groups in total. The fraction of sp³-hybridized carbons (Fsp3) is 0.0769. The van der Waals surface area contributed by atoms with E-state index in [0.29, 0.717) is 16.1 Å². The number of nitro groups is 1. The van der Waals surface area contributed by atoms with Crippen LogP contribution in [0.4, 0.5) is 5.69 Å². The molecule has 0 saturated carbocycles. The highest BCUT2D eigenvalue weighted by Gasteiger charge is 2.19. The van der Waals surface area contributed by atoms with E-state index >= 15 is 0 Å². The van der Waals surface area contributed by atoms with E-state index in [-0.39, 0.29) is 17.9 Å². The highest BCUT2D eigenvalue weighted by atomic mass is 35.5. The van der Waals surface area contributed by atoms with Gasteiger partial charge >= 0.3 is 5.97 Å². The monoisotopic (exact) mass is 305 g/mol. The molecule has 0 amide bonds. The van der Waals surface area contributed by atoms with Gasteiger partial charge in [0.25, 0.3) is 5.69 Å². The van der Waals surface area contributed by atoms with Crippen LogP contribution in [0.15, 0.2) is 30.5 Å². The zero-order valence-electron chi connectivity index (χ0n) is 10.5. The van der Waals surface area contributed by atoms with Crippen LogP contribution in [-0.4, -0.2) is 20.6 Å². The van der Waals surface area contributed by atoms with Crippen molar-refractivity contribution < 1.29 is 14.8 Å². The van der Waals surface area contributed by atoms with Crippen LogP contribution < -0.4 is 0 Å². The number of carbonyl (C=O) groups is 1. The lowest BCUT2D eigenvalue weighted by Gasteiger charge is -2.07. The van der Waals surface area contributed by atoms with Crippen LogP contribution in [0.1, 0.15) is 21.6 Å². The van der Waals surface area contributed by atoms with Gasteiger partial charge in [-0.15, -0.1) is 0 Å². The summed E-state index contributed by atoms with van der Waals surface area (Å²) in [6.07, 6.45) is 1.14. The Morgan fingerprint density at radius 2 is 2.19 bits per heavy atom. The quantitative estimate of drug-likeness (QED) is 0.689. The van der Waals surface area contributed by atoms with Crippen molar-refractivity contribution in [3.05, 3.63) is 62.4 Å². The summed E-state index contributed by atoms with van der Waals surface area (Å²) >= 11 is 6.01. The number of carboxylic acids is 1. The molecule has 7 nitrogen and oxygen atoms in total. The Morgan fingerprint density at radius 1 is 1.48 bits per heavy atom. The molecule has 8 heteroatoms. The number of benzene rings is 1. The van der Waals surface area contributed by atoms with Crippen molar-refractivity contribution in [1.29, 1.82) is 5.26 Å². The van der Waals surface area contributed by atoms with Crippen LogP contribution in [0, 0.1) is 21.4 Å². The standard InChI is InChI=1S/C13H8ClN3O4/c14-11-3-8(5-15)1-2-9(11)6-16-7-10(17(20)21)4-12(16)13(18)19/h1-4,7H,6H2,(H,18,19). The Bertz CT molecular complexity index is 776. The van der Waals surface area contributed by atoms with Crippen LogP contribution in [0.2, 0.25) is 5.02 Å². The Hall–Kier alpha value is -2.85. The SMILES string of the molecule is N#Cc1ccc(Cn2cc([N+](=O)[O-])cc2C(=O)O)c(Cl)c1. The summed E-state index contributed by atoms with van der Waals surface area (Å²) in [5.74, 6) is -1.27. The number of carboxylic acid groups (broad SMARTS) is 1. The topological polar surface area (TPSA) is 109 Å². The van der Waals surface area contributed by atoms with Crippen molar-refractivity contribution in [3.8, 4) is 6.07 Å². The Labute approximate surface area is 123 Å². The average molecular weight is 306 g/mol. The van der Waals surface area contributed by atoms with E-state index in [0.717, 1.165) is 12.3 Å². The smallest absolute Gasteiger partial charge is 0.352 e. The fourth-order valence-corrected chi connectivity index (χ4v) is 2.07. The molecule has 21 heavy (non-hydrogen) atoms. The van der Waals surface area contributed by atoms with Crippen molar-refractivity contribution in [1.82, 2.24) is 4.57 Å². The summed E-state index contributed by atoms with van der Waals surface area (Å²) in [4.78, 5) is 21.2. The summed E-state index contributed by atoms with van der Waals surface area (Å²) in [6, 6.07) is 7.50. The third-order valence-corrected chi connectivity index (χ3v) is 3.19. The molecule has 0 atom stereocenters. The molecule has 0 saturated heterocycles. The first-order valence-electron chi connectivity index (χ1n) is 5.68. The number of nitrogens with zero attached hydrogens (tertiary/aromatic N) is 3. The molecular weight excluding hydrogens is 298 g/mol. The van der Waals surface area contributed by atoms with Gasteiger partial charge in [0.2, 0.25) is 0 Å². The van der Waals surface area contributed by atoms with E-state index in [2.05, 4.69) is 0 Å². The molecule has 0 fully saturated rings. The van der Waals surface area contributed by atoms with Crippen LogP contribution in [0.25, 0.3) is 0 Å². The number of aromatic nitrogens is 1. The van der Waals surface area contributed by atoms with Gasteiger partial charge in [-0.05, 0) is 17.7 Å². The third-order valence-electron chi connectivity index (χ3n) is 2.83. The van der Waals surface area contributed by atoms with E-state index in [4.69, 9.17) is 22.0 Å². The van der Waals surface area contributed by atoms with Crippen LogP contribution in [0.3, 0.4) is 0 Å². The maximum atomic E-state index is 11.1. The predicted octanol–water partition coefficient (Wildman–Crippen LogP) is 2.67. The van der Waals surface area contributed by atoms with Crippen molar-refractivity contribution in [2.24, 2.45) is 0 Å². The average Bonchev–Trinajstić information content (AvgIpc) is 2.85. The largest absolute Gasteiger partial charge is 0.477 e. The van der Waals surface area contributed by atoms with Gasteiger partial charge in [0.1, 0.15) is 5.69 Å². The summed E-state index contributed by atoms with van der Waals surface area (Å²) in [7, 11) is 0. The molecule has 0 aliphatic carbocycles. The lowest BCUT2D eigenvalue weighted by Crippen LogP contribution is -2.08. The van der Waals surface area contributed by atoms with Crippen molar-refractivity contribution >= 4 is 23.3 Å². The van der Waals surface area contributed by atoms with E-state index in [1.165, 1.54) is 10.6 Å². The minimum atomic E-state index is -1.27. The highest BCUT2D eigenvalue weighted by Crippen LogP contribution is 2.22. The van der Waals surface area contributed by atoms with Crippen LogP contribution >= 0.6 is 11.6 Å². The number of hydrogen-bond donors (Lipinski definition) is 1. The summed E-state index contributed by atoms with van der Waals surface area (Å²) in [6.45, 7) is 0.0556. The maximum absolute atomic E-state index is 11.1. The molecule has 2 rings (SSSR count). The zero-order chi connectivity index (χ0) is 15.6. The lowest BCUT2D eigenvalue weighted by atomic mass is 10.1. The number of halogens is 1. The first kappa shape index (κ1) is 14.6. The number of hydrogen-bond acceptors (Lipinski definition) is 4. The first-order valence-corrected chi connectivity index (χ1v) is 6.06. The Morgan fingerprint density at radius 3 is 2.71 bits per heavy atom. The molecule has 0 radical (unpaired) electrons. The van der Waals surface area contributed by atoms with Crippen molar-refractivity contribution in [2.75, 3.05) is 0 Å². The molecule has 1 aromatic carbocycles. The molecule has 0 aliphatic rings. The van der Waals surface area contributed by atoms with Gasteiger partial charge in [-0.2, -0.15) is 5.26 Å². The van der Waals surface area contributed by atoms with Gasteiger partial charge in [-0.1, -0.05) is 17.7 Å². The first-order chi connectivity index (χ1) is 9.92.